The molecule has 188 valence electrons. The third-order valence-corrected chi connectivity index (χ3v) is 7.25. The third-order valence-electron chi connectivity index (χ3n) is 6.27. The number of carbonyl (C=O) groups is 2. The Kier molecular flexibility index (Phi) is 9.17. The molecule has 1 aliphatic heterocycles. The lowest BCUT2D eigenvalue weighted by molar-refractivity contribution is -0.135. The number of rotatable bonds is 7. The topological polar surface area (TPSA) is 109 Å². The smallest absolute Gasteiger partial charge is 0.234 e. The van der Waals surface area contributed by atoms with E-state index < -0.39 is 6.10 Å². The lowest BCUT2D eigenvalue weighted by Crippen LogP contribution is -2.39. The van der Waals surface area contributed by atoms with E-state index in [1.165, 1.54) is 10.4 Å². The summed E-state index contributed by atoms with van der Waals surface area (Å²) in [5.41, 5.74) is 5.19. The highest BCUT2D eigenvalue weighted by Gasteiger charge is 2.38. The second-order valence-corrected chi connectivity index (χ2v) is 10.1. The van der Waals surface area contributed by atoms with Crippen LogP contribution in [0.3, 0.4) is 0 Å². The second kappa shape index (κ2) is 12.1. The first kappa shape index (κ1) is 26.6. The quantitative estimate of drug-likeness (QED) is 0.470. The molecule has 0 saturated carbocycles. The molecule has 4 unspecified atom stereocenters. The van der Waals surface area contributed by atoms with Gasteiger partial charge in [0.1, 0.15) is 11.7 Å². The largest absolute Gasteiger partial charge is 0.391 e. The Balaban J connectivity index is 0.000000196. The summed E-state index contributed by atoms with van der Waals surface area (Å²) < 4.78 is 5.14. The van der Waals surface area contributed by atoms with E-state index in [1.54, 1.807) is 28.5 Å². The highest BCUT2D eigenvalue weighted by Crippen LogP contribution is 2.30. The molecule has 0 bridgehead atoms. The van der Waals surface area contributed by atoms with Crippen molar-refractivity contribution in [2.45, 2.75) is 65.1 Å². The van der Waals surface area contributed by atoms with E-state index in [-0.39, 0.29) is 29.8 Å². The van der Waals surface area contributed by atoms with Crippen molar-refractivity contribution in [3.8, 4) is 10.4 Å². The summed E-state index contributed by atoms with van der Waals surface area (Å²) in [4.78, 5) is 30.1. The van der Waals surface area contributed by atoms with Crippen LogP contribution in [0.25, 0.3) is 10.4 Å². The van der Waals surface area contributed by atoms with Gasteiger partial charge in [-0.25, -0.2) is 4.98 Å². The van der Waals surface area contributed by atoms with Crippen LogP contribution in [0.1, 0.15) is 63.1 Å². The van der Waals surface area contributed by atoms with E-state index in [0.717, 1.165) is 17.7 Å². The van der Waals surface area contributed by atoms with Crippen molar-refractivity contribution in [2.24, 2.45) is 5.92 Å². The van der Waals surface area contributed by atoms with Gasteiger partial charge in [-0.3, -0.25) is 9.59 Å². The first-order chi connectivity index (χ1) is 16.7. The number of β-amino-alcohol motifs (C(OH)–C–C–N with tert-alkyl or cyclic N) is 1. The van der Waals surface area contributed by atoms with E-state index in [0.29, 0.717) is 18.7 Å². The van der Waals surface area contributed by atoms with E-state index in [2.05, 4.69) is 27.6 Å². The standard InChI is InChI=1S/C13H20N2O3.C13H14N2OS/c1-8(2)12(11-4-5-14-18-11)13(17)15-7-10(16)6-9(15)3;1-9(14-7-16)11-3-5-12(6-4-11)13-10(2)15-8-17-13/h4-5,8-10,12,16H,6-7H2,1-3H3;3-9H,1-2H3,(H,14,16). The number of nitrogens with one attached hydrogen (secondary N) is 1. The Morgan fingerprint density at radius 3 is 2.46 bits per heavy atom. The monoisotopic (exact) mass is 498 g/mol. The number of hydrogen-bond donors (Lipinski definition) is 2. The number of aliphatic hydroxyl groups excluding tert-OH is 1. The van der Waals surface area contributed by atoms with Gasteiger partial charge in [0.05, 0.1) is 34.4 Å². The number of amides is 2. The summed E-state index contributed by atoms with van der Waals surface area (Å²) >= 11 is 1.64. The molecule has 35 heavy (non-hydrogen) atoms. The molecule has 0 radical (unpaired) electrons. The van der Waals surface area contributed by atoms with E-state index in [9.17, 15) is 14.7 Å². The number of likely N-dealkylation sites (tertiary alicyclic amines) is 1. The molecule has 1 fully saturated rings. The molecule has 4 rings (SSSR count). The van der Waals surface area contributed by atoms with Gasteiger partial charge in [0.2, 0.25) is 12.3 Å². The average Bonchev–Trinajstić information content (AvgIpc) is 3.56. The molecule has 4 atom stereocenters. The minimum Gasteiger partial charge on any atom is -0.391 e. The van der Waals surface area contributed by atoms with Gasteiger partial charge in [-0.2, -0.15) is 0 Å². The molecule has 3 heterocycles. The van der Waals surface area contributed by atoms with Crippen LogP contribution in [-0.4, -0.2) is 51.2 Å². The minimum atomic E-state index is -0.411. The number of aromatic nitrogens is 2. The molecule has 2 amide bonds. The van der Waals surface area contributed by atoms with Crippen LogP contribution in [0.4, 0.5) is 0 Å². The molecule has 3 aromatic rings. The summed E-state index contributed by atoms with van der Waals surface area (Å²) in [6.07, 6.45) is 2.52. The molecular weight excluding hydrogens is 464 g/mol. The van der Waals surface area contributed by atoms with Crippen molar-refractivity contribution < 1.29 is 19.2 Å². The molecule has 9 heteroatoms. The summed E-state index contributed by atoms with van der Waals surface area (Å²) in [6.45, 7) is 10.3. The first-order valence-corrected chi connectivity index (χ1v) is 12.7. The Bertz CT molecular complexity index is 1080. The lowest BCUT2D eigenvalue weighted by Gasteiger charge is -2.27. The Hall–Kier alpha value is -3.04. The number of aliphatic hydroxyl groups is 1. The highest BCUT2D eigenvalue weighted by molar-refractivity contribution is 7.13. The maximum absolute atomic E-state index is 12.6. The van der Waals surface area contributed by atoms with E-state index >= 15 is 0 Å². The number of nitrogens with zero attached hydrogens (tertiary/aromatic N) is 3. The Labute approximate surface area is 210 Å². The molecule has 1 aromatic carbocycles. The summed E-state index contributed by atoms with van der Waals surface area (Å²) in [5.74, 6) is 0.435. The number of aryl methyl sites for hydroxylation is 1. The zero-order valence-electron chi connectivity index (χ0n) is 20.8. The summed E-state index contributed by atoms with van der Waals surface area (Å²) in [6, 6.07) is 10.1. The van der Waals surface area contributed by atoms with Gasteiger partial charge in [-0.15, -0.1) is 11.3 Å². The normalized spacial score (nSPS) is 19.1. The summed E-state index contributed by atoms with van der Waals surface area (Å²) in [5, 5.41) is 16.1. The van der Waals surface area contributed by atoms with E-state index in [4.69, 9.17) is 4.52 Å². The SMILES string of the molecule is CC(C)C(C(=O)N1CC(O)CC1C)c1ccno1.Cc1ncsc1-c1ccc(C(C)NC=O)cc1. The molecule has 2 aromatic heterocycles. The van der Waals surface area contributed by atoms with Crippen LogP contribution < -0.4 is 5.32 Å². The number of thiazole rings is 1. The fourth-order valence-corrected chi connectivity index (χ4v) is 5.12. The van der Waals surface area contributed by atoms with Crippen LogP contribution in [0, 0.1) is 12.8 Å². The van der Waals surface area contributed by atoms with Gasteiger partial charge < -0.3 is 19.8 Å². The fraction of sp³-hybridized carbons (Fsp3) is 0.462. The van der Waals surface area contributed by atoms with Crippen molar-refractivity contribution in [1.29, 1.82) is 0 Å². The van der Waals surface area contributed by atoms with Gasteiger partial charge in [0, 0.05) is 18.7 Å². The fourth-order valence-electron chi connectivity index (χ4n) is 4.31. The van der Waals surface area contributed by atoms with Gasteiger partial charge in [0.15, 0.2) is 0 Å². The van der Waals surface area contributed by atoms with Crippen molar-refractivity contribution in [3.63, 3.8) is 0 Å². The molecule has 8 nitrogen and oxygen atoms in total. The first-order valence-electron chi connectivity index (χ1n) is 11.8. The van der Waals surface area contributed by atoms with Crippen molar-refractivity contribution in [2.75, 3.05) is 6.54 Å². The molecule has 1 saturated heterocycles. The molecule has 2 N–H and O–H groups in total. The number of hydrogen-bond acceptors (Lipinski definition) is 7. The second-order valence-electron chi connectivity index (χ2n) is 9.26. The van der Waals surface area contributed by atoms with Crippen LogP contribution in [-0.2, 0) is 9.59 Å². The van der Waals surface area contributed by atoms with Gasteiger partial charge in [-0.05, 0) is 44.2 Å². The molecule has 1 aliphatic rings. The van der Waals surface area contributed by atoms with Crippen LogP contribution in [0.2, 0.25) is 0 Å². The van der Waals surface area contributed by atoms with Gasteiger partial charge in [-0.1, -0.05) is 43.3 Å². The molecular formula is C26H34N4O4S. The van der Waals surface area contributed by atoms with Crippen LogP contribution in [0.5, 0.6) is 0 Å². The zero-order chi connectivity index (χ0) is 25.5. The number of benzene rings is 1. The maximum atomic E-state index is 12.6. The highest BCUT2D eigenvalue weighted by atomic mass is 32.1. The average molecular weight is 499 g/mol. The predicted octanol–water partition coefficient (Wildman–Crippen LogP) is 4.32. The molecule has 0 spiro atoms. The third kappa shape index (κ3) is 6.55. The van der Waals surface area contributed by atoms with Gasteiger partial charge >= 0.3 is 0 Å². The zero-order valence-corrected chi connectivity index (χ0v) is 21.7. The van der Waals surface area contributed by atoms with Gasteiger partial charge in [0.25, 0.3) is 0 Å². The molecule has 0 aliphatic carbocycles. The maximum Gasteiger partial charge on any atom is 0.234 e. The predicted molar refractivity (Wildman–Crippen MR) is 136 cm³/mol. The van der Waals surface area contributed by atoms with Crippen LogP contribution >= 0.6 is 11.3 Å². The Morgan fingerprint density at radius 2 is 1.97 bits per heavy atom. The number of carbonyl (C=O) groups excluding carboxylic acids is 2. The minimum absolute atomic E-state index is 0.0193. The lowest BCUT2D eigenvalue weighted by atomic mass is 9.91. The summed E-state index contributed by atoms with van der Waals surface area (Å²) in [7, 11) is 0. The Morgan fingerprint density at radius 1 is 1.26 bits per heavy atom. The van der Waals surface area contributed by atoms with Crippen molar-refractivity contribution >= 4 is 23.7 Å². The van der Waals surface area contributed by atoms with Crippen molar-refractivity contribution in [3.05, 3.63) is 59.1 Å². The van der Waals surface area contributed by atoms with Crippen LogP contribution in [0.15, 0.2) is 46.6 Å². The van der Waals surface area contributed by atoms with E-state index in [1.807, 2.05) is 52.3 Å². The van der Waals surface area contributed by atoms with Crippen molar-refractivity contribution in [1.82, 2.24) is 20.4 Å².